The number of unbranched alkanes of at least 4 members (excludes halogenated alkanes) is 1. The molecule has 0 aliphatic carbocycles. The maximum Gasteiger partial charge on any atom is 0.188 e. The number of halogens is 1. The van der Waals surface area contributed by atoms with Crippen LogP contribution in [0, 0.1) is 0 Å². The van der Waals surface area contributed by atoms with Crippen molar-refractivity contribution < 1.29 is 0 Å². The number of nitrogens with one attached hydrogen (secondary N) is 1. The SMILES string of the molecule is CCCCNC(N)=NCC(C)(C)c1cccc(Cl)c1. The molecular weight excluding hydrogens is 258 g/mol. The molecule has 0 heterocycles. The van der Waals surface area contributed by atoms with Crippen LogP contribution in [0.5, 0.6) is 0 Å². The molecule has 0 amide bonds. The third kappa shape index (κ3) is 5.52. The van der Waals surface area contributed by atoms with E-state index in [1.165, 1.54) is 5.56 Å². The highest BCUT2D eigenvalue weighted by Gasteiger charge is 2.20. The largest absolute Gasteiger partial charge is 0.370 e. The van der Waals surface area contributed by atoms with Crippen molar-refractivity contribution >= 4 is 17.6 Å². The van der Waals surface area contributed by atoms with E-state index >= 15 is 0 Å². The molecule has 0 saturated carbocycles. The lowest BCUT2D eigenvalue weighted by Crippen LogP contribution is -2.34. The molecule has 0 fully saturated rings. The van der Waals surface area contributed by atoms with Crippen LogP contribution in [-0.2, 0) is 5.41 Å². The lowest BCUT2D eigenvalue weighted by molar-refractivity contribution is 0.538. The molecule has 3 nitrogen and oxygen atoms in total. The Morgan fingerprint density at radius 3 is 2.79 bits per heavy atom. The van der Waals surface area contributed by atoms with Gasteiger partial charge in [0, 0.05) is 17.0 Å². The first kappa shape index (κ1) is 15.8. The minimum Gasteiger partial charge on any atom is -0.370 e. The van der Waals surface area contributed by atoms with Gasteiger partial charge in [0.1, 0.15) is 0 Å². The zero-order chi connectivity index (χ0) is 14.3. The van der Waals surface area contributed by atoms with Gasteiger partial charge in [-0.25, -0.2) is 0 Å². The molecule has 0 radical (unpaired) electrons. The Morgan fingerprint density at radius 2 is 2.16 bits per heavy atom. The summed E-state index contributed by atoms with van der Waals surface area (Å²) in [7, 11) is 0. The second-order valence-corrected chi connectivity index (χ2v) is 5.81. The topological polar surface area (TPSA) is 50.4 Å². The van der Waals surface area contributed by atoms with Gasteiger partial charge in [0.2, 0.25) is 0 Å². The van der Waals surface area contributed by atoms with Gasteiger partial charge in [0.25, 0.3) is 0 Å². The molecule has 1 aromatic carbocycles. The van der Waals surface area contributed by atoms with Crippen molar-refractivity contribution in [3.8, 4) is 0 Å². The van der Waals surface area contributed by atoms with Crippen LogP contribution >= 0.6 is 11.6 Å². The summed E-state index contributed by atoms with van der Waals surface area (Å²) in [5, 5.41) is 3.87. The van der Waals surface area contributed by atoms with Gasteiger partial charge in [-0.15, -0.1) is 0 Å². The zero-order valence-corrected chi connectivity index (χ0v) is 12.8. The number of rotatable bonds is 6. The highest BCUT2D eigenvalue weighted by Crippen LogP contribution is 2.25. The van der Waals surface area contributed by atoms with E-state index in [4.69, 9.17) is 17.3 Å². The first-order valence-electron chi connectivity index (χ1n) is 6.75. The van der Waals surface area contributed by atoms with Crippen molar-refractivity contribution in [1.82, 2.24) is 5.32 Å². The van der Waals surface area contributed by atoms with Crippen molar-refractivity contribution in [2.45, 2.75) is 39.0 Å². The molecule has 1 rings (SSSR count). The van der Waals surface area contributed by atoms with E-state index in [1.54, 1.807) is 0 Å². The Morgan fingerprint density at radius 1 is 1.42 bits per heavy atom. The minimum absolute atomic E-state index is 0.0814. The van der Waals surface area contributed by atoms with Crippen LogP contribution < -0.4 is 11.1 Å². The number of benzene rings is 1. The van der Waals surface area contributed by atoms with Crippen molar-refractivity contribution in [2.75, 3.05) is 13.1 Å². The average molecular weight is 282 g/mol. The highest BCUT2D eigenvalue weighted by atomic mass is 35.5. The molecule has 106 valence electrons. The van der Waals surface area contributed by atoms with Gasteiger partial charge in [0.15, 0.2) is 5.96 Å². The quantitative estimate of drug-likeness (QED) is 0.477. The van der Waals surface area contributed by atoms with E-state index in [0.717, 1.165) is 24.4 Å². The fraction of sp³-hybridized carbons (Fsp3) is 0.533. The lowest BCUT2D eigenvalue weighted by Gasteiger charge is -2.23. The van der Waals surface area contributed by atoms with Gasteiger partial charge in [-0.3, -0.25) is 4.99 Å². The van der Waals surface area contributed by atoms with Crippen LogP contribution in [-0.4, -0.2) is 19.0 Å². The van der Waals surface area contributed by atoms with Gasteiger partial charge in [-0.2, -0.15) is 0 Å². The molecule has 0 bridgehead atoms. The summed E-state index contributed by atoms with van der Waals surface area (Å²) in [6, 6.07) is 7.90. The normalized spacial score (nSPS) is 12.5. The summed E-state index contributed by atoms with van der Waals surface area (Å²) < 4.78 is 0. The molecular formula is C15H24ClN3. The molecule has 0 aliphatic heterocycles. The van der Waals surface area contributed by atoms with E-state index in [1.807, 2.05) is 18.2 Å². The standard InChI is InChI=1S/C15H24ClN3/c1-4-5-9-18-14(17)19-11-15(2,3)12-7-6-8-13(16)10-12/h6-8,10H,4-5,9,11H2,1-3H3,(H3,17,18,19). The summed E-state index contributed by atoms with van der Waals surface area (Å²) in [4.78, 5) is 4.41. The third-order valence-corrected chi connectivity index (χ3v) is 3.32. The van der Waals surface area contributed by atoms with Crippen molar-refractivity contribution in [3.05, 3.63) is 34.9 Å². The number of guanidine groups is 1. The lowest BCUT2D eigenvalue weighted by atomic mass is 9.85. The second kappa shape index (κ2) is 7.39. The fourth-order valence-corrected chi connectivity index (χ4v) is 1.92. The number of hydrogen-bond donors (Lipinski definition) is 2. The van der Waals surface area contributed by atoms with Gasteiger partial charge in [-0.05, 0) is 24.1 Å². The molecule has 0 aliphatic rings. The molecule has 0 saturated heterocycles. The van der Waals surface area contributed by atoms with Gasteiger partial charge in [0.05, 0.1) is 6.54 Å². The molecule has 0 spiro atoms. The van der Waals surface area contributed by atoms with Crippen LogP contribution in [0.2, 0.25) is 5.02 Å². The summed E-state index contributed by atoms with van der Waals surface area (Å²) in [6.45, 7) is 7.95. The number of nitrogens with zero attached hydrogens (tertiary/aromatic N) is 1. The van der Waals surface area contributed by atoms with Crippen LogP contribution in [0.15, 0.2) is 29.3 Å². The summed E-state index contributed by atoms with van der Waals surface area (Å²) in [5.74, 6) is 0.517. The molecule has 3 N–H and O–H groups in total. The predicted octanol–water partition coefficient (Wildman–Crippen LogP) is 3.32. The monoisotopic (exact) mass is 281 g/mol. The van der Waals surface area contributed by atoms with E-state index in [0.29, 0.717) is 12.5 Å². The Labute approximate surface area is 121 Å². The van der Waals surface area contributed by atoms with E-state index in [-0.39, 0.29) is 5.41 Å². The Balaban J connectivity index is 2.61. The van der Waals surface area contributed by atoms with E-state index in [9.17, 15) is 0 Å². The summed E-state index contributed by atoms with van der Waals surface area (Å²) in [6.07, 6.45) is 2.25. The Hall–Kier alpha value is -1.22. The van der Waals surface area contributed by atoms with Crippen LogP contribution in [0.1, 0.15) is 39.2 Å². The van der Waals surface area contributed by atoms with E-state index in [2.05, 4.69) is 37.1 Å². The maximum absolute atomic E-state index is 6.03. The molecule has 0 atom stereocenters. The smallest absolute Gasteiger partial charge is 0.188 e. The molecule has 19 heavy (non-hydrogen) atoms. The predicted molar refractivity (Wildman–Crippen MR) is 83.9 cm³/mol. The van der Waals surface area contributed by atoms with Crippen LogP contribution in [0.4, 0.5) is 0 Å². The first-order valence-corrected chi connectivity index (χ1v) is 7.13. The Bertz CT molecular complexity index is 427. The second-order valence-electron chi connectivity index (χ2n) is 5.38. The zero-order valence-electron chi connectivity index (χ0n) is 12.0. The van der Waals surface area contributed by atoms with Crippen molar-refractivity contribution in [1.29, 1.82) is 0 Å². The summed E-state index contributed by atoms with van der Waals surface area (Å²) >= 11 is 6.03. The molecule has 1 aromatic rings. The molecule has 0 unspecified atom stereocenters. The number of hydrogen-bond acceptors (Lipinski definition) is 1. The van der Waals surface area contributed by atoms with Gasteiger partial charge < -0.3 is 11.1 Å². The molecule has 4 heteroatoms. The van der Waals surface area contributed by atoms with Crippen LogP contribution in [0.3, 0.4) is 0 Å². The molecule has 0 aromatic heterocycles. The average Bonchev–Trinajstić information content (AvgIpc) is 2.37. The van der Waals surface area contributed by atoms with Crippen LogP contribution in [0.25, 0.3) is 0 Å². The minimum atomic E-state index is -0.0814. The summed E-state index contributed by atoms with van der Waals surface area (Å²) in [5.41, 5.74) is 6.93. The van der Waals surface area contributed by atoms with Crippen molar-refractivity contribution in [3.63, 3.8) is 0 Å². The number of aliphatic imine (C=N–C) groups is 1. The maximum atomic E-state index is 6.03. The van der Waals surface area contributed by atoms with Gasteiger partial charge in [-0.1, -0.05) is 50.9 Å². The first-order chi connectivity index (χ1) is 8.95. The highest BCUT2D eigenvalue weighted by molar-refractivity contribution is 6.30. The number of nitrogens with two attached hydrogens (primary N) is 1. The fourth-order valence-electron chi connectivity index (χ4n) is 1.73. The third-order valence-electron chi connectivity index (χ3n) is 3.09. The van der Waals surface area contributed by atoms with Crippen molar-refractivity contribution in [2.24, 2.45) is 10.7 Å². The van der Waals surface area contributed by atoms with E-state index < -0.39 is 0 Å². The van der Waals surface area contributed by atoms with Gasteiger partial charge >= 0.3 is 0 Å². The Kier molecular flexibility index (Phi) is 6.16.